The molecule has 0 unspecified atom stereocenters. The van der Waals surface area contributed by atoms with E-state index >= 15 is 0 Å². The normalized spacial score (nSPS) is 11.0. The van der Waals surface area contributed by atoms with E-state index in [1.54, 1.807) is 18.2 Å². The number of halogens is 2. The van der Waals surface area contributed by atoms with Crippen LogP contribution in [-0.2, 0) is 17.9 Å². The number of aromatic nitrogens is 3. The molecule has 0 bridgehead atoms. The maximum Gasteiger partial charge on any atom is 0.234 e. The van der Waals surface area contributed by atoms with Crippen LogP contribution >= 0.6 is 35.0 Å². The summed E-state index contributed by atoms with van der Waals surface area (Å²) in [6.45, 7) is 5.01. The third-order valence-corrected chi connectivity index (χ3v) is 6.86. The summed E-state index contributed by atoms with van der Waals surface area (Å²) in [4.78, 5) is 12.4. The average Bonchev–Trinajstić information content (AvgIpc) is 3.21. The van der Waals surface area contributed by atoms with E-state index in [4.69, 9.17) is 27.9 Å². The van der Waals surface area contributed by atoms with Gasteiger partial charge in [0.25, 0.3) is 0 Å². The van der Waals surface area contributed by atoms with Gasteiger partial charge in [0.05, 0.1) is 15.8 Å². The smallest absolute Gasteiger partial charge is 0.234 e. The molecule has 1 heterocycles. The molecular formula is C24H22Cl2N4O2S. The SMILES string of the molecule is CCn1c(COc2ccc3ccccc3c2C)nnc1SCC(=O)Nc1ccc(Cl)c(Cl)c1. The Morgan fingerprint density at radius 2 is 1.91 bits per heavy atom. The summed E-state index contributed by atoms with van der Waals surface area (Å²) in [5.74, 6) is 1.53. The van der Waals surface area contributed by atoms with Gasteiger partial charge in [0, 0.05) is 12.2 Å². The number of hydrogen-bond acceptors (Lipinski definition) is 5. The first-order valence-electron chi connectivity index (χ1n) is 10.4. The zero-order chi connectivity index (χ0) is 23.4. The first-order valence-corrected chi connectivity index (χ1v) is 12.1. The van der Waals surface area contributed by atoms with Crippen molar-refractivity contribution in [1.82, 2.24) is 14.8 Å². The standard InChI is InChI=1S/C24H22Cl2N4O2S/c1-3-30-22(13-32-21-11-8-16-6-4-5-7-18(16)15(21)2)28-29-24(30)33-14-23(31)27-17-9-10-19(25)20(26)12-17/h4-12H,3,13-14H2,1-2H3,(H,27,31). The lowest BCUT2D eigenvalue weighted by atomic mass is 10.0. The van der Waals surface area contributed by atoms with Crippen LogP contribution in [0.2, 0.25) is 10.0 Å². The maximum atomic E-state index is 12.4. The highest BCUT2D eigenvalue weighted by atomic mass is 35.5. The fraction of sp³-hybridized carbons (Fsp3) is 0.208. The molecule has 3 aromatic carbocycles. The van der Waals surface area contributed by atoms with Gasteiger partial charge in [-0.1, -0.05) is 65.3 Å². The van der Waals surface area contributed by atoms with Crippen molar-refractivity contribution < 1.29 is 9.53 Å². The number of carbonyl (C=O) groups is 1. The fourth-order valence-corrected chi connectivity index (χ4v) is 4.58. The van der Waals surface area contributed by atoms with Gasteiger partial charge in [-0.05, 0) is 54.4 Å². The molecule has 0 aliphatic carbocycles. The van der Waals surface area contributed by atoms with Gasteiger partial charge in [-0.2, -0.15) is 0 Å². The molecule has 0 atom stereocenters. The molecule has 9 heteroatoms. The number of nitrogens with zero attached hydrogens (tertiary/aromatic N) is 3. The molecule has 4 aromatic rings. The molecule has 0 radical (unpaired) electrons. The lowest BCUT2D eigenvalue weighted by Crippen LogP contribution is -2.15. The summed E-state index contributed by atoms with van der Waals surface area (Å²) in [5, 5.41) is 15.2. The number of aryl methyl sites for hydroxylation is 1. The first kappa shape index (κ1) is 23.4. The molecule has 1 amide bonds. The molecular weight excluding hydrogens is 479 g/mol. The van der Waals surface area contributed by atoms with Crippen LogP contribution < -0.4 is 10.1 Å². The highest BCUT2D eigenvalue weighted by Gasteiger charge is 2.15. The highest BCUT2D eigenvalue weighted by Crippen LogP contribution is 2.28. The Labute approximate surface area is 206 Å². The third kappa shape index (κ3) is 5.43. The van der Waals surface area contributed by atoms with E-state index in [-0.39, 0.29) is 18.3 Å². The predicted molar refractivity (Wildman–Crippen MR) is 135 cm³/mol. The van der Waals surface area contributed by atoms with Gasteiger partial charge in [0.1, 0.15) is 12.4 Å². The highest BCUT2D eigenvalue weighted by molar-refractivity contribution is 7.99. The number of carbonyl (C=O) groups excluding carboxylic acids is 1. The van der Waals surface area contributed by atoms with Crippen LogP contribution in [0.4, 0.5) is 5.69 Å². The number of ether oxygens (including phenoxy) is 1. The summed E-state index contributed by atoms with van der Waals surface area (Å²) in [6, 6.07) is 17.2. The Morgan fingerprint density at radius 1 is 1.09 bits per heavy atom. The van der Waals surface area contributed by atoms with Crippen LogP contribution in [0.3, 0.4) is 0 Å². The second-order valence-corrected chi connectivity index (χ2v) is 9.06. The number of fused-ring (bicyclic) bond motifs is 1. The molecule has 4 rings (SSSR count). The molecule has 170 valence electrons. The number of benzene rings is 3. The Kier molecular flexibility index (Phi) is 7.42. The Morgan fingerprint density at radius 3 is 2.70 bits per heavy atom. The molecule has 0 aliphatic heterocycles. The molecule has 0 saturated heterocycles. The molecule has 1 aromatic heterocycles. The fourth-order valence-electron chi connectivity index (χ4n) is 3.46. The van der Waals surface area contributed by atoms with Crippen LogP contribution in [0.5, 0.6) is 5.75 Å². The van der Waals surface area contributed by atoms with Gasteiger partial charge < -0.3 is 14.6 Å². The molecule has 0 saturated carbocycles. The molecule has 6 nitrogen and oxygen atoms in total. The van der Waals surface area contributed by atoms with Gasteiger partial charge in [0.2, 0.25) is 5.91 Å². The van der Waals surface area contributed by atoms with E-state index in [1.165, 1.54) is 17.1 Å². The number of rotatable bonds is 8. The lowest BCUT2D eigenvalue weighted by molar-refractivity contribution is -0.113. The lowest BCUT2D eigenvalue weighted by Gasteiger charge is -2.12. The molecule has 0 fully saturated rings. The minimum absolute atomic E-state index is 0.173. The van der Waals surface area contributed by atoms with E-state index in [0.29, 0.717) is 33.3 Å². The number of amides is 1. The van der Waals surface area contributed by atoms with Crippen LogP contribution in [0.15, 0.2) is 59.8 Å². The molecule has 0 spiro atoms. The zero-order valence-electron chi connectivity index (χ0n) is 18.1. The van der Waals surface area contributed by atoms with E-state index in [9.17, 15) is 4.79 Å². The van der Waals surface area contributed by atoms with Gasteiger partial charge in [-0.3, -0.25) is 4.79 Å². The van der Waals surface area contributed by atoms with Crippen molar-refractivity contribution >= 4 is 57.3 Å². The second-order valence-electron chi connectivity index (χ2n) is 7.31. The van der Waals surface area contributed by atoms with Crippen LogP contribution in [0, 0.1) is 6.92 Å². The zero-order valence-corrected chi connectivity index (χ0v) is 20.5. The van der Waals surface area contributed by atoms with E-state index in [1.807, 2.05) is 29.7 Å². The summed E-state index contributed by atoms with van der Waals surface area (Å²) >= 11 is 13.2. The first-order chi connectivity index (χ1) is 16.0. The monoisotopic (exact) mass is 500 g/mol. The minimum atomic E-state index is -0.173. The van der Waals surface area contributed by atoms with E-state index < -0.39 is 0 Å². The number of thioether (sulfide) groups is 1. The summed E-state index contributed by atoms with van der Waals surface area (Å²) in [6.07, 6.45) is 0. The van der Waals surface area contributed by atoms with Gasteiger partial charge in [-0.15, -0.1) is 10.2 Å². The predicted octanol–water partition coefficient (Wildman–Crippen LogP) is 6.38. The van der Waals surface area contributed by atoms with Crippen LogP contribution in [-0.4, -0.2) is 26.4 Å². The van der Waals surface area contributed by atoms with Crippen molar-refractivity contribution in [1.29, 1.82) is 0 Å². The average molecular weight is 501 g/mol. The van der Waals surface area contributed by atoms with Crippen molar-refractivity contribution in [3.05, 3.63) is 76.0 Å². The van der Waals surface area contributed by atoms with Crippen molar-refractivity contribution in [3.63, 3.8) is 0 Å². The van der Waals surface area contributed by atoms with Crippen LogP contribution in [0.1, 0.15) is 18.3 Å². The quantitative estimate of drug-likeness (QED) is 0.284. The van der Waals surface area contributed by atoms with Crippen molar-refractivity contribution in [2.45, 2.75) is 32.2 Å². The van der Waals surface area contributed by atoms with Gasteiger partial charge in [-0.25, -0.2) is 0 Å². The Bertz CT molecular complexity index is 1310. The minimum Gasteiger partial charge on any atom is -0.485 e. The third-order valence-electron chi connectivity index (χ3n) is 5.15. The number of anilines is 1. The molecule has 0 aliphatic rings. The van der Waals surface area contributed by atoms with Crippen LogP contribution in [0.25, 0.3) is 10.8 Å². The molecule has 1 N–H and O–H groups in total. The largest absolute Gasteiger partial charge is 0.485 e. The number of nitrogens with one attached hydrogen (secondary N) is 1. The van der Waals surface area contributed by atoms with Gasteiger partial charge in [0.15, 0.2) is 11.0 Å². The van der Waals surface area contributed by atoms with Crippen molar-refractivity contribution in [2.24, 2.45) is 0 Å². The Hall–Kier alpha value is -2.74. The molecule has 33 heavy (non-hydrogen) atoms. The van der Waals surface area contributed by atoms with Gasteiger partial charge >= 0.3 is 0 Å². The van der Waals surface area contributed by atoms with Crippen molar-refractivity contribution in [2.75, 3.05) is 11.1 Å². The van der Waals surface area contributed by atoms with Crippen molar-refractivity contribution in [3.8, 4) is 5.75 Å². The summed E-state index contributed by atoms with van der Waals surface area (Å²) in [5.41, 5.74) is 1.68. The Balaban J connectivity index is 1.39. The van der Waals surface area contributed by atoms with E-state index in [2.05, 4.69) is 40.6 Å². The maximum absolute atomic E-state index is 12.4. The summed E-state index contributed by atoms with van der Waals surface area (Å²) in [7, 11) is 0. The number of hydrogen-bond donors (Lipinski definition) is 1. The summed E-state index contributed by atoms with van der Waals surface area (Å²) < 4.78 is 8.03. The topological polar surface area (TPSA) is 69.0 Å². The second kappa shape index (κ2) is 10.5. The van der Waals surface area contributed by atoms with E-state index in [0.717, 1.165) is 16.7 Å².